The predicted octanol–water partition coefficient (Wildman–Crippen LogP) is 2.77. The highest BCUT2D eigenvalue weighted by atomic mass is 16.6. The van der Waals surface area contributed by atoms with Crippen LogP contribution in [0.2, 0.25) is 0 Å². The first-order chi connectivity index (χ1) is 11.7. The Kier molecular flexibility index (Phi) is 4.43. The second kappa shape index (κ2) is 6.40. The molecule has 1 amide bonds. The van der Waals surface area contributed by atoms with Gasteiger partial charge in [-0.3, -0.25) is 9.69 Å². The van der Waals surface area contributed by atoms with Gasteiger partial charge in [0.2, 0.25) is 0 Å². The average Bonchev–Trinajstić information content (AvgIpc) is 2.85. The van der Waals surface area contributed by atoms with Crippen LogP contribution in [0, 0.1) is 0 Å². The third-order valence-corrected chi connectivity index (χ3v) is 3.94. The van der Waals surface area contributed by atoms with Crippen LogP contribution in [0.3, 0.4) is 0 Å². The third-order valence-electron chi connectivity index (χ3n) is 3.94. The molecule has 1 saturated heterocycles. The van der Waals surface area contributed by atoms with Crippen LogP contribution in [-0.4, -0.2) is 46.8 Å². The summed E-state index contributed by atoms with van der Waals surface area (Å²) in [4.78, 5) is 25.2. The highest BCUT2D eigenvalue weighted by molar-refractivity contribution is 5.81. The number of carboxylic acids is 1. The summed E-state index contributed by atoms with van der Waals surface area (Å²) in [5.74, 6) is -0.584. The Balaban J connectivity index is 1.64. The number of nitrogens with one attached hydrogen (secondary N) is 1. The third kappa shape index (κ3) is 3.93. The van der Waals surface area contributed by atoms with Crippen molar-refractivity contribution in [2.24, 2.45) is 0 Å². The Hall–Kier alpha value is -2.54. The lowest BCUT2D eigenvalue weighted by Gasteiger charge is -2.42. The van der Waals surface area contributed by atoms with Crippen molar-refractivity contribution in [3.05, 3.63) is 36.1 Å². The molecule has 1 aromatic carbocycles. The fourth-order valence-corrected chi connectivity index (χ4v) is 2.88. The molecule has 1 atom stereocenters. The standard InChI is InChI=1S/C18H22N2O5/c1-18(2,3)25-17(23)19-12-9-20(10-12)15(16(21)22)14-8-11-6-4-5-7-13(11)24-14/h4-8,12,15H,9-10H2,1-3H3,(H,19,23)(H,21,22)/t15-/m1/s1. The number of aliphatic carboxylic acids is 1. The zero-order chi connectivity index (χ0) is 18.2. The van der Waals surface area contributed by atoms with E-state index in [-0.39, 0.29) is 6.04 Å². The van der Waals surface area contributed by atoms with Gasteiger partial charge in [0.05, 0.1) is 6.04 Å². The number of rotatable bonds is 4. The van der Waals surface area contributed by atoms with E-state index in [1.165, 1.54) is 0 Å². The molecule has 0 radical (unpaired) electrons. The number of amides is 1. The number of carboxylic acid groups (broad SMARTS) is 1. The number of carbonyl (C=O) groups excluding carboxylic acids is 1. The Morgan fingerprint density at radius 3 is 2.60 bits per heavy atom. The van der Waals surface area contributed by atoms with E-state index in [0.29, 0.717) is 24.4 Å². The minimum Gasteiger partial charge on any atom is -0.480 e. The fourth-order valence-electron chi connectivity index (χ4n) is 2.88. The van der Waals surface area contributed by atoms with Crippen molar-refractivity contribution >= 4 is 23.0 Å². The van der Waals surface area contributed by atoms with Crippen LogP contribution < -0.4 is 5.32 Å². The zero-order valence-corrected chi connectivity index (χ0v) is 14.5. The maximum Gasteiger partial charge on any atom is 0.407 e. The van der Waals surface area contributed by atoms with Gasteiger partial charge in [0.25, 0.3) is 0 Å². The zero-order valence-electron chi connectivity index (χ0n) is 14.5. The number of nitrogens with zero attached hydrogens (tertiary/aromatic N) is 1. The van der Waals surface area contributed by atoms with Crippen molar-refractivity contribution in [2.45, 2.75) is 38.5 Å². The first kappa shape index (κ1) is 17.3. The lowest BCUT2D eigenvalue weighted by Crippen LogP contribution is -2.61. The van der Waals surface area contributed by atoms with E-state index in [2.05, 4.69) is 5.32 Å². The Bertz CT molecular complexity index is 753. The van der Waals surface area contributed by atoms with Gasteiger partial charge in [-0.05, 0) is 32.9 Å². The lowest BCUT2D eigenvalue weighted by molar-refractivity contribution is -0.146. The molecule has 2 aromatic rings. The number of furan rings is 1. The monoisotopic (exact) mass is 346 g/mol. The Morgan fingerprint density at radius 2 is 2.00 bits per heavy atom. The molecule has 0 unspecified atom stereocenters. The van der Waals surface area contributed by atoms with Gasteiger partial charge in [0.15, 0.2) is 6.04 Å². The molecule has 2 heterocycles. The molecule has 7 heteroatoms. The van der Waals surface area contributed by atoms with Crippen molar-refractivity contribution in [1.82, 2.24) is 10.2 Å². The van der Waals surface area contributed by atoms with Gasteiger partial charge in [-0.15, -0.1) is 0 Å². The van der Waals surface area contributed by atoms with Crippen LogP contribution in [0.1, 0.15) is 32.6 Å². The number of hydrogen-bond acceptors (Lipinski definition) is 5. The summed E-state index contributed by atoms with van der Waals surface area (Å²) in [7, 11) is 0. The molecule has 3 rings (SSSR count). The lowest BCUT2D eigenvalue weighted by atomic mass is 10.0. The summed E-state index contributed by atoms with van der Waals surface area (Å²) in [6.45, 7) is 6.23. The maximum atomic E-state index is 11.8. The van der Waals surface area contributed by atoms with Crippen LogP contribution >= 0.6 is 0 Å². The summed E-state index contributed by atoms with van der Waals surface area (Å²) < 4.78 is 10.9. The first-order valence-electron chi connectivity index (χ1n) is 8.18. The number of ether oxygens (including phenoxy) is 1. The number of benzene rings is 1. The normalized spacial score (nSPS) is 17.1. The van der Waals surface area contributed by atoms with Gasteiger partial charge < -0.3 is 19.6 Å². The van der Waals surface area contributed by atoms with Gasteiger partial charge in [0, 0.05) is 18.5 Å². The topological polar surface area (TPSA) is 92.0 Å². The van der Waals surface area contributed by atoms with Gasteiger partial charge in [-0.2, -0.15) is 0 Å². The molecule has 0 spiro atoms. The molecule has 134 valence electrons. The average molecular weight is 346 g/mol. The van der Waals surface area contributed by atoms with Crippen LogP contribution in [0.4, 0.5) is 4.79 Å². The highest BCUT2D eigenvalue weighted by Gasteiger charge is 2.40. The molecule has 25 heavy (non-hydrogen) atoms. The molecule has 0 aliphatic carbocycles. The van der Waals surface area contributed by atoms with Gasteiger partial charge in [-0.25, -0.2) is 4.79 Å². The quantitative estimate of drug-likeness (QED) is 0.884. The summed E-state index contributed by atoms with van der Waals surface area (Å²) in [6.07, 6.45) is -0.493. The SMILES string of the molecule is CC(C)(C)OC(=O)NC1CN([C@@H](C(=O)O)c2cc3ccccc3o2)C1. The molecule has 0 saturated carbocycles. The van der Waals surface area contributed by atoms with Crippen molar-refractivity contribution in [2.75, 3.05) is 13.1 Å². The smallest absolute Gasteiger partial charge is 0.407 e. The van der Waals surface area contributed by atoms with Gasteiger partial charge >= 0.3 is 12.1 Å². The number of carbonyl (C=O) groups is 2. The minimum atomic E-state index is -0.977. The number of para-hydroxylation sites is 1. The van der Waals surface area contributed by atoms with E-state index in [9.17, 15) is 14.7 Å². The molecular formula is C18H22N2O5. The van der Waals surface area contributed by atoms with Crippen LogP contribution in [0.25, 0.3) is 11.0 Å². The minimum absolute atomic E-state index is 0.138. The number of hydrogen-bond donors (Lipinski definition) is 2. The van der Waals surface area contributed by atoms with E-state index >= 15 is 0 Å². The molecule has 7 nitrogen and oxygen atoms in total. The first-order valence-corrected chi connectivity index (χ1v) is 8.18. The van der Waals surface area contributed by atoms with Gasteiger partial charge in [-0.1, -0.05) is 18.2 Å². The largest absolute Gasteiger partial charge is 0.480 e. The summed E-state index contributed by atoms with van der Waals surface area (Å²) in [6, 6.07) is 8.15. The van der Waals surface area contributed by atoms with E-state index in [1.54, 1.807) is 37.8 Å². The molecule has 1 fully saturated rings. The van der Waals surface area contributed by atoms with Crippen LogP contribution in [0.15, 0.2) is 34.7 Å². The summed E-state index contributed by atoms with van der Waals surface area (Å²) >= 11 is 0. The van der Waals surface area contributed by atoms with E-state index < -0.39 is 23.7 Å². The molecule has 1 aliphatic heterocycles. The number of likely N-dealkylation sites (tertiary alicyclic amines) is 1. The van der Waals surface area contributed by atoms with E-state index in [1.807, 2.05) is 18.2 Å². The number of alkyl carbamates (subject to hydrolysis) is 1. The summed E-state index contributed by atoms with van der Waals surface area (Å²) in [5.41, 5.74) is 0.0958. The van der Waals surface area contributed by atoms with Crippen LogP contribution in [0.5, 0.6) is 0 Å². The highest BCUT2D eigenvalue weighted by Crippen LogP contribution is 2.31. The maximum absolute atomic E-state index is 11.8. The van der Waals surface area contributed by atoms with Crippen molar-refractivity contribution in [3.63, 3.8) is 0 Å². The number of fused-ring (bicyclic) bond motifs is 1. The van der Waals surface area contributed by atoms with Crippen molar-refractivity contribution in [1.29, 1.82) is 0 Å². The molecular weight excluding hydrogens is 324 g/mol. The van der Waals surface area contributed by atoms with E-state index in [4.69, 9.17) is 9.15 Å². The second-order valence-electron chi connectivity index (χ2n) is 7.22. The summed E-state index contributed by atoms with van der Waals surface area (Å²) in [5, 5.41) is 13.2. The Morgan fingerprint density at radius 1 is 1.32 bits per heavy atom. The fraction of sp³-hybridized carbons (Fsp3) is 0.444. The molecule has 0 bridgehead atoms. The molecule has 1 aromatic heterocycles. The van der Waals surface area contributed by atoms with Crippen LogP contribution in [-0.2, 0) is 9.53 Å². The molecule has 1 aliphatic rings. The molecule has 2 N–H and O–H groups in total. The van der Waals surface area contributed by atoms with E-state index in [0.717, 1.165) is 5.39 Å². The van der Waals surface area contributed by atoms with Gasteiger partial charge in [0.1, 0.15) is 16.9 Å². The predicted molar refractivity (Wildman–Crippen MR) is 91.3 cm³/mol. The Labute approximate surface area is 145 Å². The second-order valence-corrected chi connectivity index (χ2v) is 7.22. The van der Waals surface area contributed by atoms with Crippen molar-refractivity contribution < 1.29 is 23.8 Å². The van der Waals surface area contributed by atoms with Crippen molar-refractivity contribution in [3.8, 4) is 0 Å².